The summed E-state index contributed by atoms with van der Waals surface area (Å²) in [7, 11) is 0. The molecular formula is C33H23N3O. The van der Waals surface area contributed by atoms with Gasteiger partial charge in [-0.1, -0.05) is 48.5 Å². The van der Waals surface area contributed by atoms with E-state index in [0.29, 0.717) is 0 Å². The van der Waals surface area contributed by atoms with Gasteiger partial charge in [0.05, 0.1) is 22.1 Å². The summed E-state index contributed by atoms with van der Waals surface area (Å²) in [6, 6.07) is 36.4. The highest BCUT2D eigenvalue weighted by atomic mass is 16.3. The smallest absolute Gasteiger partial charge is 0.220 e. The van der Waals surface area contributed by atoms with E-state index in [2.05, 4.69) is 108 Å². The van der Waals surface area contributed by atoms with Gasteiger partial charge in [-0.2, -0.15) is 0 Å². The summed E-state index contributed by atoms with van der Waals surface area (Å²) in [5.74, 6) is 0.925. The zero-order chi connectivity index (χ0) is 24.7. The molecule has 3 aromatic heterocycles. The lowest BCUT2D eigenvalue weighted by Crippen LogP contribution is -1.95. The molecule has 3 heterocycles. The molecule has 0 aliphatic rings. The molecule has 0 radical (unpaired) electrons. The van der Waals surface area contributed by atoms with Crippen molar-refractivity contribution in [3.8, 4) is 16.8 Å². The first-order valence-electron chi connectivity index (χ1n) is 12.6. The van der Waals surface area contributed by atoms with Crippen molar-refractivity contribution in [1.29, 1.82) is 0 Å². The zero-order valence-corrected chi connectivity index (χ0v) is 20.6. The van der Waals surface area contributed by atoms with E-state index in [1.165, 1.54) is 27.8 Å². The van der Waals surface area contributed by atoms with Crippen LogP contribution in [0.25, 0.3) is 66.6 Å². The fourth-order valence-corrected chi connectivity index (χ4v) is 5.75. The molecule has 0 N–H and O–H groups in total. The lowest BCUT2D eigenvalue weighted by Gasteiger charge is -2.10. The third kappa shape index (κ3) is 2.87. The van der Waals surface area contributed by atoms with Gasteiger partial charge in [0.1, 0.15) is 11.2 Å². The third-order valence-corrected chi connectivity index (χ3v) is 7.52. The highest BCUT2D eigenvalue weighted by Crippen LogP contribution is 2.35. The van der Waals surface area contributed by atoms with Gasteiger partial charge in [-0.15, -0.1) is 0 Å². The van der Waals surface area contributed by atoms with E-state index in [0.717, 1.165) is 50.0 Å². The fraction of sp³-hybridized carbons (Fsp3) is 0.0606. The maximum Gasteiger partial charge on any atom is 0.220 e. The molecule has 0 atom stereocenters. The Labute approximate surface area is 213 Å². The largest absolute Gasteiger partial charge is 0.456 e. The van der Waals surface area contributed by atoms with Crippen molar-refractivity contribution >= 4 is 49.8 Å². The van der Waals surface area contributed by atoms with Crippen molar-refractivity contribution in [2.24, 2.45) is 0 Å². The minimum absolute atomic E-state index is 0.920. The van der Waals surface area contributed by atoms with E-state index in [1.807, 2.05) is 18.2 Å². The van der Waals surface area contributed by atoms with Crippen molar-refractivity contribution in [1.82, 2.24) is 14.0 Å². The Bertz CT molecular complexity index is 2160. The zero-order valence-electron chi connectivity index (χ0n) is 20.6. The number of hydrogen-bond acceptors (Lipinski definition) is 2. The number of benzene rings is 5. The van der Waals surface area contributed by atoms with Crippen LogP contribution >= 0.6 is 0 Å². The molecule has 37 heavy (non-hydrogen) atoms. The molecule has 4 heteroatoms. The second-order valence-electron chi connectivity index (χ2n) is 9.87. The summed E-state index contributed by atoms with van der Waals surface area (Å²) in [5, 5.41) is 2.32. The van der Waals surface area contributed by atoms with Gasteiger partial charge in [0.2, 0.25) is 5.78 Å². The Morgan fingerprint density at radius 1 is 0.649 bits per heavy atom. The number of imidazole rings is 2. The lowest BCUT2D eigenvalue weighted by atomic mass is 9.98. The van der Waals surface area contributed by atoms with Crippen molar-refractivity contribution in [3.63, 3.8) is 0 Å². The van der Waals surface area contributed by atoms with Crippen molar-refractivity contribution < 1.29 is 4.42 Å². The minimum Gasteiger partial charge on any atom is -0.456 e. The number of hydrogen-bond donors (Lipinski definition) is 0. The Balaban J connectivity index is 1.31. The number of fused-ring (bicyclic) bond motifs is 8. The Morgan fingerprint density at radius 2 is 1.46 bits per heavy atom. The second-order valence-corrected chi connectivity index (χ2v) is 9.87. The molecule has 5 aromatic carbocycles. The maximum atomic E-state index is 6.17. The van der Waals surface area contributed by atoms with Crippen LogP contribution in [0.1, 0.15) is 11.1 Å². The van der Waals surface area contributed by atoms with Crippen LogP contribution < -0.4 is 0 Å². The van der Waals surface area contributed by atoms with E-state index in [-0.39, 0.29) is 0 Å². The molecule has 0 saturated carbocycles. The summed E-state index contributed by atoms with van der Waals surface area (Å²) in [6.07, 6.45) is 0. The van der Waals surface area contributed by atoms with Gasteiger partial charge in [0.25, 0.3) is 0 Å². The van der Waals surface area contributed by atoms with E-state index in [1.54, 1.807) is 0 Å². The Hall–Kier alpha value is -4.83. The van der Waals surface area contributed by atoms with Crippen LogP contribution in [0.2, 0.25) is 0 Å². The van der Waals surface area contributed by atoms with Crippen LogP contribution in [0, 0.1) is 13.8 Å². The predicted octanol–water partition coefficient (Wildman–Crippen LogP) is 8.61. The van der Waals surface area contributed by atoms with Crippen molar-refractivity contribution in [2.75, 3.05) is 0 Å². The SMILES string of the molecule is Cc1ccc2c(c1)n1c3ccccc3nc1n2-c1ccc(-c2cc3oc4ccccc4c3cc2C)cc1. The molecule has 0 spiro atoms. The molecule has 8 rings (SSSR count). The second kappa shape index (κ2) is 7.34. The van der Waals surface area contributed by atoms with Gasteiger partial charge in [-0.05, 0) is 90.7 Å². The first kappa shape index (κ1) is 20.4. The molecule has 0 saturated heterocycles. The minimum atomic E-state index is 0.920. The number of furan rings is 1. The summed E-state index contributed by atoms with van der Waals surface area (Å²) in [4.78, 5) is 5.02. The lowest BCUT2D eigenvalue weighted by molar-refractivity contribution is 0.669. The summed E-state index contributed by atoms with van der Waals surface area (Å²) >= 11 is 0. The van der Waals surface area contributed by atoms with Crippen LogP contribution in [-0.2, 0) is 0 Å². The third-order valence-electron chi connectivity index (χ3n) is 7.52. The van der Waals surface area contributed by atoms with Crippen LogP contribution in [0.15, 0.2) is 108 Å². The topological polar surface area (TPSA) is 35.4 Å². The number of aromatic nitrogens is 3. The number of rotatable bonds is 2. The highest BCUT2D eigenvalue weighted by Gasteiger charge is 2.17. The maximum absolute atomic E-state index is 6.17. The van der Waals surface area contributed by atoms with Gasteiger partial charge in [-0.3, -0.25) is 8.97 Å². The standard InChI is InChI=1S/C33H23N3O/c1-20-11-16-29-30(17-20)36-28-9-5-4-8-27(28)34-33(36)35(29)23-14-12-22(13-15-23)25-19-32-26(18-21(25)2)24-7-3-6-10-31(24)37-32/h3-19H,1-2H3. The van der Waals surface area contributed by atoms with E-state index in [4.69, 9.17) is 9.40 Å². The van der Waals surface area contributed by atoms with E-state index in [9.17, 15) is 0 Å². The highest BCUT2D eigenvalue weighted by molar-refractivity contribution is 6.06. The van der Waals surface area contributed by atoms with Gasteiger partial charge in [-0.25, -0.2) is 4.98 Å². The van der Waals surface area contributed by atoms with Crippen LogP contribution in [0.4, 0.5) is 0 Å². The van der Waals surface area contributed by atoms with Crippen molar-refractivity contribution in [3.05, 3.63) is 114 Å². The molecule has 0 fully saturated rings. The average molecular weight is 478 g/mol. The van der Waals surface area contributed by atoms with Gasteiger partial charge < -0.3 is 4.42 Å². The Kier molecular flexibility index (Phi) is 4.04. The summed E-state index contributed by atoms with van der Waals surface area (Å²) in [6.45, 7) is 4.31. The molecular weight excluding hydrogens is 454 g/mol. The van der Waals surface area contributed by atoms with Crippen molar-refractivity contribution in [2.45, 2.75) is 13.8 Å². The molecule has 0 aliphatic carbocycles. The van der Waals surface area contributed by atoms with Crippen LogP contribution in [0.3, 0.4) is 0 Å². The van der Waals surface area contributed by atoms with Crippen LogP contribution in [0.5, 0.6) is 0 Å². The van der Waals surface area contributed by atoms with E-state index >= 15 is 0 Å². The molecule has 4 nitrogen and oxygen atoms in total. The summed E-state index contributed by atoms with van der Waals surface area (Å²) < 4.78 is 10.7. The van der Waals surface area contributed by atoms with Gasteiger partial charge >= 0.3 is 0 Å². The molecule has 8 aromatic rings. The predicted molar refractivity (Wildman–Crippen MR) is 152 cm³/mol. The summed E-state index contributed by atoms with van der Waals surface area (Å²) in [5.41, 5.74) is 12.2. The number of nitrogens with zero attached hydrogens (tertiary/aromatic N) is 3. The monoisotopic (exact) mass is 477 g/mol. The number of aryl methyl sites for hydroxylation is 2. The molecule has 0 aliphatic heterocycles. The van der Waals surface area contributed by atoms with Gasteiger partial charge in [0, 0.05) is 16.5 Å². The van der Waals surface area contributed by atoms with Crippen LogP contribution in [-0.4, -0.2) is 14.0 Å². The molecule has 0 amide bonds. The first-order chi connectivity index (χ1) is 18.2. The fourth-order valence-electron chi connectivity index (χ4n) is 5.75. The molecule has 0 unspecified atom stereocenters. The quantitative estimate of drug-likeness (QED) is 0.250. The Morgan fingerprint density at radius 3 is 2.35 bits per heavy atom. The first-order valence-corrected chi connectivity index (χ1v) is 12.6. The normalized spacial score (nSPS) is 12.1. The number of para-hydroxylation sites is 3. The van der Waals surface area contributed by atoms with Gasteiger partial charge in [0.15, 0.2) is 0 Å². The van der Waals surface area contributed by atoms with E-state index < -0.39 is 0 Å². The molecule has 0 bridgehead atoms. The molecule has 176 valence electrons. The average Bonchev–Trinajstić information content (AvgIpc) is 3.57.